The van der Waals surface area contributed by atoms with Crippen molar-refractivity contribution in [3.8, 4) is 0 Å². The fourth-order valence-corrected chi connectivity index (χ4v) is 4.85. The van der Waals surface area contributed by atoms with E-state index < -0.39 is 0 Å². The van der Waals surface area contributed by atoms with E-state index in [9.17, 15) is 9.59 Å². The van der Waals surface area contributed by atoms with Crippen molar-refractivity contribution in [1.82, 2.24) is 19.8 Å². The van der Waals surface area contributed by atoms with Gasteiger partial charge in [-0.15, -0.1) is 0 Å². The van der Waals surface area contributed by atoms with Gasteiger partial charge in [-0.2, -0.15) is 0 Å². The van der Waals surface area contributed by atoms with Crippen LogP contribution in [0.3, 0.4) is 0 Å². The van der Waals surface area contributed by atoms with Crippen LogP contribution in [0.15, 0.2) is 18.5 Å². The summed E-state index contributed by atoms with van der Waals surface area (Å²) in [4.78, 5) is 39.1. The first-order valence-electron chi connectivity index (χ1n) is 8.58. The van der Waals surface area contributed by atoms with Gasteiger partial charge in [0.15, 0.2) is 0 Å². The van der Waals surface area contributed by atoms with E-state index in [0.29, 0.717) is 12.5 Å². The highest BCUT2D eigenvalue weighted by molar-refractivity contribution is 5.84. The summed E-state index contributed by atoms with van der Waals surface area (Å²) in [7, 11) is 1.94. The van der Waals surface area contributed by atoms with Gasteiger partial charge in [0.2, 0.25) is 17.8 Å². The molecule has 1 aromatic rings. The number of fused-ring (bicyclic) bond motifs is 2. The zero-order chi connectivity index (χ0) is 16.9. The maximum Gasteiger partial charge on any atom is 0.228 e. The van der Waals surface area contributed by atoms with Crippen molar-refractivity contribution in [2.24, 2.45) is 11.8 Å². The quantitative estimate of drug-likeness (QED) is 0.745. The number of carbonyl (C=O) groups excluding carboxylic acids is 2. The van der Waals surface area contributed by atoms with Gasteiger partial charge >= 0.3 is 0 Å². The van der Waals surface area contributed by atoms with Gasteiger partial charge in [-0.25, -0.2) is 9.97 Å². The highest BCUT2D eigenvalue weighted by Gasteiger charge is 2.60. The summed E-state index contributed by atoms with van der Waals surface area (Å²) in [5.74, 6) is 1.36. The minimum absolute atomic E-state index is 0.0164. The molecule has 0 radical (unpaired) electrons. The predicted octanol–water partition coefficient (Wildman–Crippen LogP) is 0.382. The SMILES string of the molecule is CC(=O)N1CCC2(CC1)[C@H]1CN(c3ncccn3)C[C@H]1C(=O)N2C. The Bertz CT molecular complexity index is 656. The van der Waals surface area contributed by atoms with Crippen LogP contribution in [0.2, 0.25) is 0 Å². The number of likely N-dealkylation sites (tertiary alicyclic amines) is 2. The summed E-state index contributed by atoms with van der Waals surface area (Å²) in [6.07, 6.45) is 5.20. The monoisotopic (exact) mass is 329 g/mol. The van der Waals surface area contributed by atoms with Crippen molar-refractivity contribution in [3.63, 3.8) is 0 Å². The Hall–Kier alpha value is -2.18. The minimum atomic E-state index is -0.128. The first-order chi connectivity index (χ1) is 11.5. The predicted molar refractivity (Wildman–Crippen MR) is 88.2 cm³/mol. The number of carbonyl (C=O) groups is 2. The molecule has 4 rings (SSSR count). The molecule has 4 heterocycles. The maximum atomic E-state index is 12.8. The molecular formula is C17H23N5O2. The van der Waals surface area contributed by atoms with Crippen LogP contribution in [-0.4, -0.2) is 70.3 Å². The Balaban J connectivity index is 1.58. The second-order valence-electron chi connectivity index (χ2n) is 7.17. The number of aromatic nitrogens is 2. The first kappa shape index (κ1) is 15.4. The van der Waals surface area contributed by atoms with Crippen molar-refractivity contribution in [3.05, 3.63) is 18.5 Å². The van der Waals surface area contributed by atoms with Gasteiger partial charge in [0.25, 0.3) is 0 Å². The van der Waals surface area contributed by atoms with Gasteiger partial charge < -0.3 is 14.7 Å². The van der Waals surface area contributed by atoms with Crippen LogP contribution in [-0.2, 0) is 9.59 Å². The van der Waals surface area contributed by atoms with E-state index in [4.69, 9.17) is 0 Å². The van der Waals surface area contributed by atoms with E-state index in [1.54, 1.807) is 25.4 Å². The first-order valence-corrected chi connectivity index (χ1v) is 8.58. The van der Waals surface area contributed by atoms with E-state index >= 15 is 0 Å². The second kappa shape index (κ2) is 5.43. The smallest absolute Gasteiger partial charge is 0.228 e. The van der Waals surface area contributed by atoms with E-state index in [0.717, 1.165) is 32.5 Å². The maximum absolute atomic E-state index is 12.8. The molecule has 128 valence electrons. The second-order valence-corrected chi connectivity index (χ2v) is 7.17. The molecule has 3 fully saturated rings. The number of anilines is 1. The lowest BCUT2D eigenvalue weighted by molar-refractivity contribution is -0.135. The van der Waals surface area contributed by atoms with Crippen molar-refractivity contribution < 1.29 is 9.59 Å². The number of amides is 2. The van der Waals surface area contributed by atoms with Crippen LogP contribution < -0.4 is 4.90 Å². The molecule has 7 heteroatoms. The lowest BCUT2D eigenvalue weighted by atomic mass is 9.75. The number of nitrogens with zero attached hydrogens (tertiary/aromatic N) is 5. The summed E-state index contributed by atoms with van der Waals surface area (Å²) in [5.41, 5.74) is -0.128. The number of piperidine rings is 1. The average molecular weight is 329 g/mol. The number of hydrogen-bond donors (Lipinski definition) is 0. The summed E-state index contributed by atoms with van der Waals surface area (Å²) in [6.45, 7) is 4.59. The fourth-order valence-electron chi connectivity index (χ4n) is 4.85. The van der Waals surface area contributed by atoms with Crippen LogP contribution >= 0.6 is 0 Å². The Kier molecular flexibility index (Phi) is 3.47. The largest absolute Gasteiger partial charge is 0.343 e. The molecule has 2 atom stereocenters. The molecule has 2 amide bonds. The minimum Gasteiger partial charge on any atom is -0.343 e. The Morgan fingerprint density at radius 2 is 1.88 bits per heavy atom. The van der Waals surface area contributed by atoms with Crippen LogP contribution in [0.1, 0.15) is 19.8 Å². The van der Waals surface area contributed by atoms with Crippen LogP contribution in [0, 0.1) is 11.8 Å². The molecular weight excluding hydrogens is 306 g/mol. The van der Waals surface area contributed by atoms with Gasteiger partial charge in [0.05, 0.1) is 11.5 Å². The Morgan fingerprint density at radius 1 is 1.21 bits per heavy atom. The van der Waals surface area contributed by atoms with Crippen molar-refractivity contribution in [2.75, 3.05) is 38.1 Å². The zero-order valence-electron chi connectivity index (χ0n) is 14.2. The third-order valence-corrected chi connectivity index (χ3v) is 6.24. The lowest BCUT2D eigenvalue weighted by Crippen LogP contribution is -2.56. The van der Waals surface area contributed by atoms with Gasteiger partial charge in [-0.1, -0.05) is 0 Å². The molecule has 7 nitrogen and oxygen atoms in total. The molecule has 0 aromatic carbocycles. The van der Waals surface area contributed by atoms with Gasteiger partial charge in [0.1, 0.15) is 0 Å². The Morgan fingerprint density at radius 3 is 2.50 bits per heavy atom. The summed E-state index contributed by atoms with van der Waals surface area (Å²) in [5, 5.41) is 0. The summed E-state index contributed by atoms with van der Waals surface area (Å²) >= 11 is 0. The number of rotatable bonds is 1. The Labute approximate surface area is 141 Å². The lowest BCUT2D eigenvalue weighted by Gasteiger charge is -2.46. The molecule has 0 saturated carbocycles. The van der Waals surface area contributed by atoms with Crippen LogP contribution in [0.4, 0.5) is 5.95 Å². The summed E-state index contributed by atoms with van der Waals surface area (Å²) < 4.78 is 0. The third-order valence-electron chi connectivity index (χ3n) is 6.24. The standard InChI is InChI=1S/C17H23N5O2/c1-12(23)21-8-4-17(5-9-21)14-11-22(16-18-6-3-7-19-16)10-13(14)15(24)20(17)2/h3,6-7,13-14H,4-5,8-11H2,1-2H3/t13-,14+/m1/s1. The van der Waals surface area contributed by atoms with E-state index in [-0.39, 0.29) is 29.2 Å². The van der Waals surface area contributed by atoms with Gasteiger partial charge in [-0.3, -0.25) is 9.59 Å². The molecule has 1 aromatic heterocycles. The average Bonchev–Trinajstić information content (AvgIpc) is 3.13. The molecule has 0 aliphatic carbocycles. The topological polar surface area (TPSA) is 69.6 Å². The van der Waals surface area contributed by atoms with Crippen molar-refractivity contribution in [1.29, 1.82) is 0 Å². The molecule has 24 heavy (non-hydrogen) atoms. The van der Waals surface area contributed by atoms with Crippen LogP contribution in [0.5, 0.6) is 0 Å². The summed E-state index contributed by atoms with van der Waals surface area (Å²) in [6, 6.07) is 1.80. The molecule has 3 saturated heterocycles. The van der Waals surface area contributed by atoms with Crippen molar-refractivity contribution >= 4 is 17.8 Å². The van der Waals surface area contributed by atoms with Crippen LogP contribution in [0.25, 0.3) is 0 Å². The van der Waals surface area contributed by atoms with E-state index in [2.05, 4.69) is 14.9 Å². The molecule has 1 spiro atoms. The number of hydrogen-bond acceptors (Lipinski definition) is 5. The molecule has 0 unspecified atom stereocenters. The van der Waals surface area contributed by atoms with Gasteiger partial charge in [0, 0.05) is 58.5 Å². The fraction of sp³-hybridized carbons (Fsp3) is 0.647. The molecule has 3 aliphatic rings. The van der Waals surface area contributed by atoms with E-state index in [1.807, 2.05) is 16.8 Å². The van der Waals surface area contributed by atoms with Crippen molar-refractivity contribution in [2.45, 2.75) is 25.3 Å². The molecule has 0 N–H and O–H groups in total. The van der Waals surface area contributed by atoms with Gasteiger partial charge in [-0.05, 0) is 18.9 Å². The molecule has 0 bridgehead atoms. The highest BCUT2D eigenvalue weighted by atomic mass is 16.2. The molecule has 3 aliphatic heterocycles. The zero-order valence-corrected chi connectivity index (χ0v) is 14.2. The highest BCUT2D eigenvalue weighted by Crippen LogP contribution is 2.49. The normalized spacial score (nSPS) is 28.6. The van der Waals surface area contributed by atoms with E-state index in [1.165, 1.54) is 0 Å². The third kappa shape index (κ3) is 2.10.